The molecule has 0 radical (unpaired) electrons. The molecule has 154 valence electrons. The van der Waals surface area contributed by atoms with Crippen molar-refractivity contribution in [2.24, 2.45) is 0 Å². The second kappa shape index (κ2) is 8.36. The van der Waals surface area contributed by atoms with Crippen molar-refractivity contribution in [3.8, 4) is 22.8 Å². The summed E-state index contributed by atoms with van der Waals surface area (Å²) in [6.45, 7) is 0.513. The molecule has 1 amide bonds. The number of ether oxygens (including phenoxy) is 2. The van der Waals surface area contributed by atoms with Crippen molar-refractivity contribution in [1.82, 2.24) is 9.97 Å². The van der Waals surface area contributed by atoms with Gasteiger partial charge in [0.25, 0.3) is 5.91 Å². The summed E-state index contributed by atoms with van der Waals surface area (Å²) >= 11 is 0. The van der Waals surface area contributed by atoms with Crippen LogP contribution >= 0.6 is 0 Å². The average Bonchev–Trinajstić information content (AvgIpc) is 3.14. The van der Waals surface area contributed by atoms with Crippen molar-refractivity contribution < 1.29 is 18.7 Å². The lowest BCUT2D eigenvalue weighted by Gasteiger charge is -2.18. The molecule has 1 atom stereocenters. The number of aromatic nitrogens is 2. The Morgan fingerprint density at radius 1 is 1.13 bits per heavy atom. The minimum atomic E-state index is -0.467. The Balaban J connectivity index is 1.56. The van der Waals surface area contributed by atoms with Crippen LogP contribution in [0.15, 0.2) is 54.9 Å². The zero-order valence-corrected chi connectivity index (χ0v) is 16.6. The van der Waals surface area contributed by atoms with Gasteiger partial charge in [0.15, 0.2) is 0 Å². The van der Waals surface area contributed by atoms with Gasteiger partial charge in [-0.05, 0) is 36.8 Å². The van der Waals surface area contributed by atoms with Crippen LogP contribution in [-0.2, 0) is 4.79 Å². The Bertz CT molecular complexity index is 1080. The number of methoxy groups -OCH3 is 2. The zero-order chi connectivity index (χ0) is 21.1. The second-order valence-corrected chi connectivity index (χ2v) is 6.79. The van der Waals surface area contributed by atoms with Crippen molar-refractivity contribution in [1.29, 1.82) is 0 Å². The first-order chi connectivity index (χ1) is 14.6. The lowest BCUT2D eigenvalue weighted by Crippen LogP contribution is -2.33. The van der Waals surface area contributed by atoms with E-state index >= 15 is 0 Å². The van der Waals surface area contributed by atoms with Gasteiger partial charge in [0.05, 0.1) is 20.4 Å². The molecule has 30 heavy (non-hydrogen) atoms. The zero-order valence-electron chi connectivity index (χ0n) is 16.6. The highest BCUT2D eigenvalue weighted by atomic mass is 19.1. The third-order valence-corrected chi connectivity index (χ3v) is 4.99. The normalized spacial score (nSPS) is 15.9. The van der Waals surface area contributed by atoms with E-state index in [0.29, 0.717) is 35.7 Å². The standard InChI is InChI=1S/C22H21FN4O3/c1-29-15-5-3-4-14(12-15)25-19-9-11-27(22(19)28)20-7-6-17(21(26-20)30-2)16-8-10-24-13-18(16)23/h3-8,10,12-13,19,25H,9,11H2,1-2H3. The van der Waals surface area contributed by atoms with Gasteiger partial charge in [-0.2, -0.15) is 4.98 Å². The summed E-state index contributed by atoms with van der Waals surface area (Å²) in [5.74, 6) is 0.868. The molecule has 3 heterocycles. The Hall–Kier alpha value is -3.68. The molecule has 0 spiro atoms. The monoisotopic (exact) mass is 408 g/mol. The van der Waals surface area contributed by atoms with E-state index in [2.05, 4.69) is 15.3 Å². The molecule has 2 aromatic heterocycles. The number of amides is 1. The summed E-state index contributed by atoms with van der Waals surface area (Å²) in [7, 11) is 3.07. The van der Waals surface area contributed by atoms with Crippen LogP contribution in [0.2, 0.25) is 0 Å². The predicted molar refractivity (Wildman–Crippen MR) is 111 cm³/mol. The Labute approximate surface area is 173 Å². The van der Waals surface area contributed by atoms with E-state index in [0.717, 1.165) is 11.9 Å². The maximum absolute atomic E-state index is 14.1. The number of nitrogens with zero attached hydrogens (tertiary/aromatic N) is 3. The van der Waals surface area contributed by atoms with Crippen molar-refractivity contribution in [3.05, 3.63) is 60.7 Å². The highest BCUT2D eigenvalue weighted by Crippen LogP contribution is 2.33. The quantitative estimate of drug-likeness (QED) is 0.673. The molecule has 3 aromatic rings. The first-order valence-corrected chi connectivity index (χ1v) is 9.47. The van der Waals surface area contributed by atoms with Crippen LogP contribution < -0.4 is 19.7 Å². The number of carbonyl (C=O) groups is 1. The first kappa shape index (κ1) is 19.6. The lowest BCUT2D eigenvalue weighted by molar-refractivity contribution is -0.117. The molecule has 7 nitrogen and oxygen atoms in total. The fourth-order valence-electron chi connectivity index (χ4n) is 3.49. The minimum Gasteiger partial charge on any atom is -0.497 e. The van der Waals surface area contributed by atoms with Crippen molar-refractivity contribution in [2.75, 3.05) is 31.0 Å². The van der Waals surface area contributed by atoms with Gasteiger partial charge in [0.1, 0.15) is 23.4 Å². The molecule has 1 aliphatic heterocycles. The van der Waals surface area contributed by atoms with Crippen LogP contribution in [0, 0.1) is 5.82 Å². The number of benzene rings is 1. The third kappa shape index (κ3) is 3.76. The SMILES string of the molecule is COc1cccc(NC2CCN(c3ccc(-c4ccncc4F)c(OC)n3)C2=O)c1. The molecule has 4 rings (SSSR count). The molecular weight excluding hydrogens is 387 g/mol. The van der Waals surface area contributed by atoms with Crippen LogP contribution in [0.4, 0.5) is 15.9 Å². The van der Waals surface area contributed by atoms with Gasteiger partial charge < -0.3 is 14.8 Å². The molecule has 1 aromatic carbocycles. The molecule has 1 unspecified atom stereocenters. The number of rotatable bonds is 6. The Morgan fingerprint density at radius 3 is 2.77 bits per heavy atom. The van der Waals surface area contributed by atoms with Gasteiger partial charge >= 0.3 is 0 Å². The fraction of sp³-hybridized carbons (Fsp3) is 0.227. The van der Waals surface area contributed by atoms with Crippen molar-refractivity contribution >= 4 is 17.4 Å². The Kier molecular flexibility index (Phi) is 5.47. The van der Waals surface area contributed by atoms with Crippen LogP contribution in [0.1, 0.15) is 6.42 Å². The van der Waals surface area contributed by atoms with Gasteiger partial charge in [0, 0.05) is 35.6 Å². The van der Waals surface area contributed by atoms with Gasteiger partial charge in [-0.15, -0.1) is 0 Å². The number of hydrogen-bond acceptors (Lipinski definition) is 6. The molecule has 0 saturated carbocycles. The number of hydrogen-bond donors (Lipinski definition) is 1. The molecule has 0 bridgehead atoms. The topological polar surface area (TPSA) is 76.6 Å². The van der Waals surface area contributed by atoms with Gasteiger partial charge in [0.2, 0.25) is 5.88 Å². The molecule has 0 aliphatic carbocycles. The highest BCUT2D eigenvalue weighted by molar-refractivity contribution is 6.00. The smallest absolute Gasteiger partial charge is 0.250 e. The molecule has 1 N–H and O–H groups in total. The summed E-state index contributed by atoms with van der Waals surface area (Å²) in [5, 5.41) is 3.25. The number of halogens is 1. The van der Waals surface area contributed by atoms with Gasteiger partial charge in [-0.1, -0.05) is 6.07 Å². The van der Waals surface area contributed by atoms with Crippen LogP contribution in [0.3, 0.4) is 0 Å². The maximum atomic E-state index is 14.1. The van der Waals surface area contributed by atoms with Gasteiger partial charge in [-0.25, -0.2) is 4.39 Å². The van der Waals surface area contributed by atoms with Crippen molar-refractivity contribution in [2.45, 2.75) is 12.5 Å². The van der Waals surface area contributed by atoms with E-state index in [1.165, 1.54) is 13.3 Å². The summed E-state index contributed by atoms with van der Waals surface area (Å²) in [6, 6.07) is 12.0. The van der Waals surface area contributed by atoms with E-state index < -0.39 is 5.82 Å². The number of anilines is 2. The molecule has 1 saturated heterocycles. The second-order valence-electron chi connectivity index (χ2n) is 6.79. The predicted octanol–water partition coefficient (Wildman–Crippen LogP) is 3.52. The van der Waals surface area contributed by atoms with Crippen molar-refractivity contribution in [3.63, 3.8) is 0 Å². The molecule has 1 fully saturated rings. The number of nitrogens with one attached hydrogen (secondary N) is 1. The minimum absolute atomic E-state index is 0.0878. The van der Waals surface area contributed by atoms with E-state index in [4.69, 9.17) is 9.47 Å². The third-order valence-electron chi connectivity index (χ3n) is 4.99. The van der Waals surface area contributed by atoms with Gasteiger partial charge in [-0.3, -0.25) is 14.7 Å². The van der Waals surface area contributed by atoms with Crippen LogP contribution in [0.25, 0.3) is 11.1 Å². The summed E-state index contributed by atoms with van der Waals surface area (Å²) < 4.78 is 24.7. The number of carbonyl (C=O) groups excluding carboxylic acids is 1. The molecule has 1 aliphatic rings. The summed E-state index contributed by atoms with van der Waals surface area (Å²) in [5.41, 5.74) is 1.65. The summed E-state index contributed by atoms with van der Waals surface area (Å²) in [4.78, 5) is 22.8. The average molecular weight is 408 g/mol. The summed E-state index contributed by atoms with van der Waals surface area (Å²) in [6.07, 6.45) is 3.27. The molecule has 8 heteroatoms. The fourth-order valence-corrected chi connectivity index (χ4v) is 3.49. The van der Waals surface area contributed by atoms with E-state index in [9.17, 15) is 9.18 Å². The van der Waals surface area contributed by atoms with E-state index in [1.807, 2.05) is 24.3 Å². The highest BCUT2D eigenvalue weighted by Gasteiger charge is 2.33. The lowest BCUT2D eigenvalue weighted by atomic mass is 10.1. The Morgan fingerprint density at radius 2 is 2.00 bits per heavy atom. The van der Waals surface area contributed by atoms with E-state index in [1.54, 1.807) is 30.2 Å². The number of pyridine rings is 2. The van der Waals surface area contributed by atoms with Crippen LogP contribution in [0.5, 0.6) is 11.6 Å². The maximum Gasteiger partial charge on any atom is 0.250 e. The van der Waals surface area contributed by atoms with Crippen LogP contribution in [-0.4, -0.2) is 42.7 Å². The molecular formula is C22H21FN4O3. The first-order valence-electron chi connectivity index (χ1n) is 9.47. The largest absolute Gasteiger partial charge is 0.497 e. The van der Waals surface area contributed by atoms with E-state index in [-0.39, 0.29) is 17.8 Å².